The Morgan fingerprint density at radius 3 is 2.80 bits per heavy atom. The molecule has 3 nitrogen and oxygen atoms in total. The maximum Gasteiger partial charge on any atom is 0.229 e. The van der Waals surface area contributed by atoms with E-state index in [2.05, 4.69) is 17.9 Å². The standard InChI is InChI=1S/C12H10N2O/c1-9-7-10(3-2-4-12(14)15)5-6-11(9)8-13/h5-7H,4H2,1H3,(H2,14,15). The minimum absolute atomic E-state index is 0.0546. The van der Waals surface area contributed by atoms with Gasteiger partial charge in [-0.25, -0.2) is 0 Å². The van der Waals surface area contributed by atoms with Crippen molar-refractivity contribution in [2.75, 3.05) is 0 Å². The second kappa shape index (κ2) is 4.83. The van der Waals surface area contributed by atoms with Crippen molar-refractivity contribution in [3.63, 3.8) is 0 Å². The van der Waals surface area contributed by atoms with E-state index in [1.54, 1.807) is 12.1 Å². The molecule has 1 aromatic carbocycles. The Balaban J connectivity index is 2.88. The van der Waals surface area contributed by atoms with Crippen LogP contribution in [0.25, 0.3) is 0 Å². The van der Waals surface area contributed by atoms with E-state index in [0.717, 1.165) is 11.1 Å². The summed E-state index contributed by atoms with van der Waals surface area (Å²) in [5, 5.41) is 8.71. The van der Waals surface area contributed by atoms with Crippen LogP contribution < -0.4 is 5.73 Å². The molecule has 0 atom stereocenters. The first kappa shape index (κ1) is 10.8. The molecule has 15 heavy (non-hydrogen) atoms. The van der Waals surface area contributed by atoms with E-state index >= 15 is 0 Å². The number of aryl methyl sites for hydroxylation is 1. The Bertz CT molecular complexity index is 487. The fourth-order valence-electron chi connectivity index (χ4n) is 1.10. The second-order valence-electron chi connectivity index (χ2n) is 3.09. The van der Waals surface area contributed by atoms with Gasteiger partial charge in [-0.3, -0.25) is 4.79 Å². The molecule has 0 aliphatic rings. The Morgan fingerprint density at radius 2 is 2.27 bits per heavy atom. The van der Waals surface area contributed by atoms with E-state index in [4.69, 9.17) is 11.0 Å². The molecule has 74 valence electrons. The van der Waals surface area contributed by atoms with Crippen LogP contribution >= 0.6 is 0 Å². The van der Waals surface area contributed by atoms with Crippen molar-refractivity contribution in [1.82, 2.24) is 0 Å². The Labute approximate surface area is 88.5 Å². The van der Waals surface area contributed by atoms with Gasteiger partial charge in [-0.1, -0.05) is 11.8 Å². The average Bonchev–Trinajstić information content (AvgIpc) is 2.17. The molecule has 0 aromatic heterocycles. The summed E-state index contributed by atoms with van der Waals surface area (Å²) >= 11 is 0. The molecule has 0 aliphatic heterocycles. The summed E-state index contributed by atoms with van der Waals surface area (Å²) in [4.78, 5) is 10.4. The van der Waals surface area contributed by atoms with Crippen LogP contribution in [0, 0.1) is 30.1 Å². The zero-order valence-corrected chi connectivity index (χ0v) is 8.37. The van der Waals surface area contributed by atoms with Gasteiger partial charge >= 0.3 is 0 Å². The highest BCUT2D eigenvalue weighted by molar-refractivity contribution is 5.76. The molecular weight excluding hydrogens is 188 g/mol. The maximum absolute atomic E-state index is 10.4. The smallest absolute Gasteiger partial charge is 0.229 e. The minimum atomic E-state index is -0.437. The monoisotopic (exact) mass is 198 g/mol. The Hall–Kier alpha value is -2.26. The predicted octanol–water partition coefficient (Wildman–Crippen LogP) is 1.09. The van der Waals surface area contributed by atoms with Crippen LogP contribution in [0.5, 0.6) is 0 Å². The lowest BCUT2D eigenvalue weighted by Gasteiger charge is -1.96. The summed E-state index contributed by atoms with van der Waals surface area (Å²) in [5.74, 6) is 5.03. The van der Waals surface area contributed by atoms with Crippen molar-refractivity contribution in [2.45, 2.75) is 13.3 Å². The molecule has 3 heteroatoms. The zero-order valence-electron chi connectivity index (χ0n) is 8.37. The molecule has 0 unspecified atom stereocenters. The number of nitrogens with zero attached hydrogens (tertiary/aromatic N) is 1. The fourth-order valence-corrected chi connectivity index (χ4v) is 1.10. The van der Waals surface area contributed by atoms with Crippen molar-refractivity contribution in [1.29, 1.82) is 5.26 Å². The SMILES string of the molecule is Cc1cc(C#CCC(N)=O)ccc1C#N. The van der Waals surface area contributed by atoms with Gasteiger partial charge in [0.2, 0.25) is 5.91 Å². The largest absolute Gasteiger partial charge is 0.369 e. The van der Waals surface area contributed by atoms with Crippen molar-refractivity contribution < 1.29 is 4.79 Å². The molecule has 0 spiro atoms. The van der Waals surface area contributed by atoms with Gasteiger partial charge < -0.3 is 5.73 Å². The highest BCUT2D eigenvalue weighted by atomic mass is 16.1. The summed E-state index contributed by atoms with van der Waals surface area (Å²) in [6.45, 7) is 1.85. The van der Waals surface area contributed by atoms with E-state index in [1.165, 1.54) is 0 Å². The number of benzene rings is 1. The van der Waals surface area contributed by atoms with Crippen molar-refractivity contribution in [3.05, 3.63) is 34.9 Å². The first-order valence-electron chi connectivity index (χ1n) is 4.41. The third-order valence-electron chi connectivity index (χ3n) is 1.84. The minimum Gasteiger partial charge on any atom is -0.369 e. The first-order valence-corrected chi connectivity index (χ1v) is 4.41. The number of carbonyl (C=O) groups excluding carboxylic acids is 1. The van der Waals surface area contributed by atoms with Crippen LogP contribution in [0.15, 0.2) is 18.2 Å². The molecule has 1 rings (SSSR count). The van der Waals surface area contributed by atoms with Crippen molar-refractivity contribution >= 4 is 5.91 Å². The van der Waals surface area contributed by atoms with E-state index < -0.39 is 5.91 Å². The molecule has 0 saturated heterocycles. The highest BCUT2D eigenvalue weighted by Gasteiger charge is 1.96. The third-order valence-corrected chi connectivity index (χ3v) is 1.84. The zero-order chi connectivity index (χ0) is 11.3. The molecular formula is C12H10N2O. The normalized spacial score (nSPS) is 8.53. The van der Waals surface area contributed by atoms with E-state index in [0.29, 0.717) is 5.56 Å². The summed E-state index contributed by atoms with van der Waals surface area (Å²) in [5.41, 5.74) is 7.25. The van der Waals surface area contributed by atoms with E-state index in [9.17, 15) is 4.79 Å². The molecule has 0 heterocycles. The first-order chi connectivity index (χ1) is 7.13. The molecule has 0 fully saturated rings. The topological polar surface area (TPSA) is 66.9 Å². The quantitative estimate of drug-likeness (QED) is 0.686. The van der Waals surface area contributed by atoms with Crippen LogP contribution in [-0.2, 0) is 4.79 Å². The van der Waals surface area contributed by atoms with Gasteiger partial charge in [-0.2, -0.15) is 5.26 Å². The molecule has 0 bridgehead atoms. The Morgan fingerprint density at radius 1 is 1.53 bits per heavy atom. The number of hydrogen-bond donors (Lipinski definition) is 1. The van der Waals surface area contributed by atoms with Crippen molar-refractivity contribution in [2.24, 2.45) is 5.73 Å². The number of hydrogen-bond acceptors (Lipinski definition) is 2. The molecule has 0 aliphatic carbocycles. The Kier molecular flexibility index (Phi) is 3.49. The number of amides is 1. The second-order valence-corrected chi connectivity index (χ2v) is 3.09. The van der Waals surface area contributed by atoms with Crippen LogP contribution in [0.1, 0.15) is 23.1 Å². The molecule has 1 amide bonds. The van der Waals surface area contributed by atoms with Gasteiger partial charge in [0.1, 0.15) is 0 Å². The maximum atomic E-state index is 10.4. The van der Waals surface area contributed by atoms with E-state index in [-0.39, 0.29) is 6.42 Å². The van der Waals surface area contributed by atoms with Gasteiger partial charge in [0.25, 0.3) is 0 Å². The number of carbonyl (C=O) groups is 1. The lowest BCUT2D eigenvalue weighted by molar-refractivity contribution is -0.117. The molecule has 2 N–H and O–H groups in total. The number of primary amides is 1. The summed E-state index contributed by atoms with van der Waals surface area (Å²) in [6, 6.07) is 7.35. The molecule has 0 radical (unpaired) electrons. The predicted molar refractivity (Wildman–Crippen MR) is 56.6 cm³/mol. The average molecular weight is 198 g/mol. The summed E-state index contributed by atoms with van der Waals surface area (Å²) < 4.78 is 0. The van der Waals surface area contributed by atoms with Gasteiger partial charge in [-0.05, 0) is 30.7 Å². The van der Waals surface area contributed by atoms with Gasteiger partial charge in [0.05, 0.1) is 18.1 Å². The number of nitriles is 1. The van der Waals surface area contributed by atoms with Gasteiger partial charge in [0.15, 0.2) is 0 Å². The number of nitrogens with two attached hydrogens (primary N) is 1. The summed E-state index contributed by atoms with van der Waals surface area (Å²) in [6.07, 6.45) is 0.0546. The van der Waals surface area contributed by atoms with Gasteiger partial charge in [0, 0.05) is 5.56 Å². The molecule has 1 aromatic rings. The third kappa shape index (κ3) is 3.17. The van der Waals surface area contributed by atoms with E-state index in [1.807, 2.05) is 13.0 Å². The van der Waals surface area contributed by atoms with Crippen LogP contribution in [0.3, 0.4) is 0 Å². The lowest BCUT2D eigenvalue weighted by Crippen LogP contribution is -2.08. The lowest BCUT2D eigenvalue weighted by atomic mass is 10.1. The summed E-state index contributed by atoms with van der Waals surface area (Å²) in [7, 11) is 0. The van der Waals surface area contributed by atoms with Crippen LogP contribution in [-0.4, -0.2) is 5.91 Å². The van der Waals surface area contributed by atoms with Crippen LogP contribution in [0.4, 0.5) is 0 Å². The van der Waals surface area contributed by atoms with Crippen molar-refractivity contribution in [3.8, 4) is 17.9 Å². The van der Waals surface area contributed by atoms with Crippen LogP contribution in [0.2, 0.25) is 0 Å². The van der Waals surface area contributed by atoms with Gasteiger partial charge in [-0.15, -0.1) is 0 Å². The number of rotatable bonds is 1. The fraction of sp³-hybridized carbons (Fsp3) is 0.167. The molecule has 0 saturated carbocycles. The highest BCUT2D eigenvalue weighted by Crippen LogP contribution is 2.08.